The van der Waals surface area contributed by atoms with Gasteiger partial charge in [-0.3, -0.25) is 4.21 Å². The monoisotopic (exact) mass is 194 g/mol. The quantitative estimate of drug-likeness (QED) is 0.332. The molecule has 1 N–H and O–H groups in total. The molecule has 12 heavy (non-hydrogen) atoms. The van der Waals surface area contributed by atoms with Gasteiger partial charge in [0.15, 0.2) is 6.67 Å². The van der Waals surface area contributed by atoms with Gasteiger partial charge in [-0.25, -0.2) is 4.39 Å². The Kier molecular flexibility index (Phi) is 23.1. The maximum absolute atomic E-state index is 10.6. The average molecular weight is 194 g/mol. The zero-order valence-electron chi connectivity index (χ0n) is 6.42. The van der Waals surface area contributed by atoms with Crippen molar-refractivity contribution in [1.29, 1.82) is 0 Å². The third kappa shape index (κ3) is 68.5. The van der Waals surface area contributed by atoms with E-state index in [1.165, 1.54) is 0 Å². The van der Waals surface area contributed by atoms with Crippen LogP contribution in [-0.2, 0) is 11.4 Å². The van der Waals surface area contributed by atoms with Crippen LogP contribution in [0.4, 0.5) is 13.2 Å². The summed E-state index contributed by atoms with van der Waals surface area (Å²) in [5.41, 5.74) is 0. The fourth-order valence-corrected chi connectivity index (χ4v) is 0. The molecule has 0 radical (unpaired) electrons. The normalized spacial score (nSPS) is 8.92. The first-order valence-corrected chi connectivity index (χ1v) is 2.72. The molecule has 0 bridgehead atoms. The fourth-order valence-electron chi connectivity index (χ4n) is 0. The van der Waals surface area contributed by atoms with Crippen LogP contribution >= 0.6 is 0 Å². The number of hydrogen-bond donors (Lipinski definition) is 1. The van der Waals surface area contributed by atoms with Crippen LogP contribution < -0.4 is 37.7 Å². The molecule has 0 aliphatic heterocycles. The molecule has 0 amide bonds. The van der Waals surface area contributed by atoms with E-state index in [0.717, 1.165) is 0 Å². The predicted molar refractivity (Wildman–Crippen MR) is 22.8 cm³/mol. The van der Waals surface area contributed by atoms with Crippen LogP contribution in [0.5, 0.6) is 0 Å². The molecule has 0 aromatic carbocycles. The molecular formula is C2H3F3Li2O4S. The van der Waals surface area contributed by atoms with Crippen LogP contribution in [0.3, 0.4) is 0 Å². The molecular weight excluding hydrogens is 191 g/mol. The van der Waals surface area contributed by atoms with E-state index in [9.17, 15) is 13.2 Å². The van der Waals surface area contributed by atoms with Gasteiger partial charge < -0.3 is 14.2 Å². The SMILES string of the molecule is O=S([O-])[O-].OC(F)(F)CF.[Li+].[Li+]. The Morgan fingerprint density at radius 2 is 1.42 bits per heavy atom. The Bertz CT molecular complexity index is 105. The summed E-state index contributed by atoms with van der Waals surface area (Å²) in [5, 5.41) is 7.12. The number of alkyl halides is 3. The summed E-state index contributed by atoms with van der Waals surface area (Å²) in [7, 11) is 0. The molecule has 0 unspecified atom stereocenters. The Morgan fingerprint density at radius 1 is 1.33 bits per heavy atom. The molecule has 0 heterocycles. The summed E-state index contributed by atoms with van der Waals surface area (Å²) in [6.07, 6.45) is -4.12. The Morgan fingerprint density at radius 3 is 1.42 bits per heavy atom. The molecule has 4 nitrogen and oxygen atoms in total. The number of halogens is 3. The zero-order chi connectivity index (χ0) is 8.78. The molecule has 0 saturated heterocycles. The van der Waals surface area contributed by atoms with E-state index >= 15 is 0 Å². The minimum Gasteiger partial charge on any atom is -0.784 e. The average Bonchev–Trinajstić information content (AvgIpc) is 1.63. The molecule has 0 fully saturated rings. The van der Waals surface area contributed by atoms with E-state index in [1.807, 2.05) is 0 Å². The number of rotatable bonds is 1. The van der Waals surface area contributed by atoms with Crippen molar-refractivity contribution in [1.82, 2.24) is 0 Å². The zero-order valence-corrected chi connectivity index (χ0v) is 7.24. The molecule has 64 valence electrons. The minimum absolute atomic E-state index is 0. The number of hydrogen-bond acceptors (Lipinski definition) is 4. The van der Waals surface area contributed by atoms with Gasteiger partial charge in [0.1, 0.15) is 0 Å². The maximum Gasteiger partial charge on any atom is 1.00 e. The van der Waals surface area contributed by atoms with E-state index in [2.05, 4.69) is 0 Å². The van der Waals surface area contributed by atoms with Crippen LogP contribution in [0.1, 0.15) is 0 Å². The van der Waals surface area contributed by atoms with E-state index in [0.29, 0.717) is 0 Å². The summed E-state index contributed by atoms with van der Waals surface area (Å²) in [6.45, 7) is -2.01. The van der Waals surface area contributed by atoms with Gasteiger partial charge in [0, 0.05) is 0 Å². The maximum atomic E-state index is 10.6. The molecule has 10 heteroatoms. The summed E-state index contributed by atoms with van der Waals surface area (Å²) in [5.74, 6) is 0. The summed E-state index contributed by atoms with van der Waals surface area (Å²) < 4.78 is 57.1. The molecule has 0 aromatic rings. The first-order valence-electron chi connectivity index (χ1n) is 1.72. The second kappa shape index (κ2) is 12.0. The molecule has 0 aromatic heterocycles. The van der Waals surface area contributed by atoms with Gasteiger partial charge in [0.2, 0.25) is 0 Å². The van der Waals surface area contributed by atoms with Crippen molar-refractivity contribution < 1.29 is 69.3 Å². The Balaban J connectivity index is -0.0000000483. The van der Waals surface area contributed by atoms with Gasteiger partial charge in [-0.15, -0.1) is 11.4 Å². The van der Waals surface area contributed by atoms with E-state index in [4.69, 9.17) is 18.4 Å². The van der Waals surface area contributed by atoms with Gasteiger partial charge in [-0.05, 0) is 0 Å². The number of aliphatic hydroxyl groups is 1. The molecule has 0 aliphatic carbocycles. The summed E-state index contributed by atoms with van der Waals surface area (Å²) in [4.78, 5) is 0. The van der Waals surface area contributed by atoms with Crippen LogP contribution in [0.2, 0.25) is 0 Å². The largest absolute Gasteiger partial charge is 1.00 e. The molecule has 0 saturated carbocycles. The van der Waals surface area contributed by atoms with Crippen molar-refractivity contribution in [2.75, 3.05) is 6.67 Å². The van der Waals surface area contributed by atoms with Crippen LogP contribution in [0.15, 0.2) is 0 Å². The molecule has 0 atom stereocenters. The van der Waals surface area contributed by atoms with Gasteiger partial charge in [0.25, 0.3) is 0 Å². The molecule has 0 rings (SSSR count). The molecule has 0 aliphatic rings. The second-order valence-corrected chi connectivity index (χ2v) is 1.41. The summed E-state index contributed by atoms with van der Waals surface area (Å²) in [6, 6.07) is 0. The van der Waals surface area contributed by atoms with Crippen molar-refractivity contribution >= 4 is 11.4 Å². The van der Waals surface area contributed by atoms with Crippen molar-refractivity contribution in [3.8, 4) is 0 Å². The third-order valence-electron chi connectivity index (χ3n) is 0.161. The molecule has 0 spiro atoms. The van der Waals surface area contributed by atoms with Crippen molar-refractivity contribution in [2.45, 2.75) is 6.11 Å². The topological polar surface area (TPSA) is 83.4 Å². The first-order chi connectivity index (χ1) is 4.29. The van der Waals surface area contributed by atoms with E-state index < -0.39 is 24.1 Å². The van der Waals surface area contributed by atoms with Crippen molar-refractivity contribution in [3.05, 3.63) is 0 Å². The van der Waals surface area contributed by atoms with Crippen LogP contribution in [-0.4, -0.2) is 31.2 Å². The Hall–Kier alpha value is 1.01. The van der Waals surface area contributed by atoms with Crippen LogP contribution in [0.25, 0.3) is 0 Å². The van der Waals surface area contributed by atoms with Gasteiger partial charge in [-0.1, -0.05) is 0 Å². The van der Waals surface area contributed by atoms with Gasteiger partial charge >= 0.3 is 43.8 Å². The third-order valence-corrected chi connectivity index (χ3v) is 0.161. The fraction of sp³-hybridized carbons (Fsp3) is 1.00. The summed E-state index contributed by atoms with van der Waals surface area (Å²) >= 11 is -3.11. The van der Waals surface area contributed by atoms with Crippen molar-refractivity contribution in [3.63, 3.8) is 0 Å². The van der Waals surface area contributed by atoms with Gasteiger partial charge in [-0.2, -0.15) is 8.78 Å². The van der Waals surface area contributed by atoms with E-state index in [1.54, 1.807) is 0 Å². The minimum atomic E-state index is -4.12. The standard InChI is InChI=1S/C2H3F3O.2Li.H2O3S/c3-1-2(4,5)6;;;1-4(2)3/h6H,1H2;;;(H2,1,2,3)/q;2*+1;/p-2. The van der Waals surface area contributed by atoms with Crippen LogP contribution in [0, 0.1) is 0 Å². The predicted octanol–water partition coefficient (Wildman–Crippen LogP) is -6.46. The van der Waals surface area contributed by atoms with Crippen molar-refractivity contribution in [2.24, 2.45) is 0 Å². The van der Waals surface area contributed by atoms with Gasteiger partial charge in [0.05, 0.1) is 0 Å². The van der Waals surface area contributed by atoms with E-state index in [-0.39, 0.29) is 37.7 Å². The first kappa shape index (κ1) is 23.1. The smallest absolute Gasteiger partial charge is 0.784 e. The Labute approximate surface area is 93.4 Å². The second-order valence-electron chi connectivity index (χ2n) is 1.00.